The van der Waals surface area contributed by atoms with Gasteiger partial charge in [0.1, 0.15) is 6.54 Å². The zero-order chi connectivity index (χ0) is 16.4. The van der Waals surface area contributed by atoms with Crippen LogP contribution < -0.4 is 10.9 Å². The summed E-state index contributed by atoms with van der Waals surface area (Å²) in [5, 5.41) is 8.20. The van der Waals surface area contributed by atoms with Crippen molar-refractivity contribution >= 4 is 22.4 Å². The van der Waals surface area contributed by atoms with E-state index in [1.807, 2.05) is 44.2 Å². The van der Waals surface area contributed by atoms with Gasteiger partial charge in [-0.05, 0) is 43.2 Å². The Labute approximate surface area is 133 Å². The Hall–Kier alpha value is -2.95. The molecule has 0 aliphatic carbocycles. The lowest BCUT2D eigenvalue weighted by Gasteiger charge is -2.09. The number of hydrogen-bond donors (Lipinski definition) is 1. The lowest BCUT2D eigenvalue weighted by atomic mass is 10.1. The predicted octanol–water partition coefficient (Wildman–Crippen LogP) is 2.65. The van der Waals surface area contributed by atoms with Crippen molar-refractivity contribution in [3.05, 3.63) is 70.1 Å². The molecular weight excluding hydrogens is 290 g/mol. The number of nitrogens with zero attached hydrogens (tertiary/aromatic N) is 2. The van der Waals surface area contributed by atoms with E-state index in [0.29, 0.717) is 5.39 Å². The zero-order valence-corrected chi connectivity index (χ0v) is 13.0. The molecule has 0 aliphatic heterocycles. The Morgan fingerprint density at radius 2 is 1.83 bits per heavy atom. The molecule has 2 aromatic carbocycles. The second-order valence-electron chi connectivity index (χ2n) is 5.62. The van der Waals surface area contributed by atoms with E-state index < -0.39 is 0 Å². The highest BCUT2D eigenvalue weighted by Gasteiger charge is 2.09. The molecule has 0 fully saturated rings. The van der Waals surface area contributed by atoms with Gasteiger partial charge in [0.15, 0.2) is 0 Å². The summed E-state index contributed by atoms with van der Waals surface area (Å²) in [5.41, 5.74) is 2.60. The van der Waals surface area contributed by atoms with Crippen molar-refractivity contribution in [1.82, 2.24) is 9.78 Å². The number of amides is 1. The van der Waals surface area contributed by atoms with Crippen LogP contribution in [0.5, 0.6) is 0 Å². The van der Waals surface area contributed by atoms with Crippen LogP contribution in [-0.4, -0.2) is 15.7 Å². The van der Waals surface area contributed by atoms with Crippen LogP contribution in [0.25, 0.3) is 10.8 Å². The predicted molar refractivity (Wildman–Crippen MR) is 90.5 cm³/mol. The largest absolute Gasteiger partial charge is 0.324 e. The molecule has 23 heavy (non-hydrogen) atoms. The van der Waals surface area contributed by atoms with Gasteiger partial charge in [-0.1, -0.05) is 24.3 Å². The van der Waals surface area contributed by atoms with E-state index in [-0.39, 0.29) is 18.0 Å². The number of aryl methyl sites for hydroxylation is 2. The number of carbonyl (C=O) groups is 1. The van der Waals surface area contributed by atoms with Gasteiger partial charge in [0.2, 0.25) is 5.91 Å². The molecule has 0 unspecified atom stereocenters. The van der Waals surface area contributed by atoms with Gasteiger partial charge in [0.25, 0.3) is 5.56 Å². The van der Waals surface area contributed by atoms with Gasteiger partial charge >= 0.3 is 0 Å². The minimum Gasteiger partial charge on any atom is -0.324 e. The Morgan fingerprint density at radius 1 is 1.13 bits per heavy atom. The molecule has 3 aromatic rings. The maximum Gasteiger partial charge on any atom is 0.275 e. The van der Waals surface area contributed by atoms with E-state index in [4.69, 9.17) is 0 Å². The van der Waals surface area contributed by atoms with Crippen molar-refractivity contribution in [2.45, 2.75) is 20.4 Å². The van der Waals surface area contributed by atoms with Crippen LogP contribution in [0.15, 0.2) is 53.5 Å². The van der Waals surface area contributed by atoms with Crippen molar-refractivity contribution < 1.29 is 4.79 Å². The van der Waals surface area contributed by atoms with Crippen LogP contribution in [0.3, 0.4) is 0 Å². The molecule has 1 heterocycles. The van der Waals surface area contributed by atoms with Gasteiger partial charge in [-0.2, -0.15) is 5.10 Å². The monoisotopic (exact) mass is 307 g/mol. The smallest absolute Gasteiger partial charge is 0.275 e. The molecule has 3 rings (SSSR count). The normalized spacial score (nSPS) is 10.7. The Morgan fingerprint density at radius 3 is 2.57 bits per heavy atom. The molecule has 0 aliphatic rings. The summed E-state index contributed by atoms with van der Waals surface area (Å²) in [7, 11) is 0. The lowest BCUT2D eigenvalue weighted by molar-refractivity contribution is -0.117. The molecule has 0 saturated carbocycles. The van der Waals surface area contributed by atoms with Gasteiger partial charge in [-0.15, -0.1) is 0 Å². The Bertz CT molecular complexity index is 924. The van der Waals surface area contributed by atoms with E-state index in [1.165, 1.54) is 4.68 Å². The topological polar surface area (TPSA) is 64.0 Å². The second kappa shape index (κ2) is 6.04. The average molecular weight is 307 g/mol. The molecule has 116 valence electrons. The number of anilines is 1. The zero-order valence-electron chi connectivity index (χ0n) is 13.0. The molecule has 0 atom stereocenters. The molecular formula is C18H17N3O2. The van der Waals surface area contributed by atoms with Crippen LogP contribution in [0, 0.1) is 13.8 Å². The number of fused-ring (bicyclic) bond motifs is 1. The van der Waals surface area contributed by atoms with Gasteiger partial charge < -0.3 is 5.32 Å². The lowest BCUT2D eigenvalue weighted by Crippen LogP contribution is -2.29. The number of rotatable bonds is 3. The van der Waals surface area contributed by atoms with E-state index in [2.05, 4.69) is 10.4 Å². The SMILES string of the molecule is Cc1cc(C)cc(NC(=O)Cn2ncc3ccccc3c2=O)c1. The van der Waals surface area contributed by atoms with Crippen LogP contribution in [0.2, 0.25) is 0 Å². The standard InChI is InChI=1S/C18H17N3O2/c1-12-7-13(2)9-15(8-12)20-17(22)11-21-18(23)16-6-4-3-5-14(16)10-19-21/h3-10H,11H2,1-2H3,(H,20,22). The van der Waals surface area contributed by atoms with Gasteiger partial charge in [0, 0.05) is 11.1 Å². The highest BCUT2D eigenvalue weighted by atomic mass is 16.2. The molecule has 1 amide bonds. The summed E-state index contributed by atoms with van der Waals surface area (Å²) in [6.07, 6.45) is 1.60. The molecule has 0 saturated heterocycles. The Balaban J connectivity index is 1.83. The minimum atomic E-state index is -0.278. The average Bonchev–Trinajstić information content (AvgIpc) is 2.49. The number of benzene rings is 2. The molecule has 1 N–H and O–H groups in total. The third-order valence-electron chi connectivity index (χ3n) is 3.56. The quantitative estimate of drug-likeness (QED) is 0.809. The Kier molecular flexibility index (Phi) is 3.93. The van der Waals surface area contributed by atoms with E-state index >= 15 is 0 Å². The van der Waals surface area contributed by atoms with Crippen molar-refractivity contribution in [2.75, 3.05) is 5.32 Å². The van der Waals surface area contributed by atoms with Crippen molar-refractivity contribution in [1.29, 1.82) is 0 Å². The summed E-state index contributed by atoms with van der Waals surface area (Å²) < 4.78 is 1.18. The van der Waals surface area contributed by atoms with E-state index in [9.17, 15) is 9.59 Å². The molecule has 5 nitrogen and oxygen atoms in total. The molecule has 1 aromatic heterocycles. The highest BCUT2D eigenvalue weighted by molar-refractivity contribution is 5.91. The summed E-state index contributed by atoms with van der Waals surface area (Å²) in [6.45, 7) is 3.83. The van der Waals surface area contributed by atoms with Gasteiger partial charge in [-0.3, -0.25) is 9.59 Å². The number of carbonyl (C=O) groups excluding carboxylic acids is 1. The first-order chi connectivity index (χ1) is 11.0. The fraction of sp³-hybridized carbons (Fsp3) is 0.167. The maximum absolute atomic E-state index is 12.3. The first kappa shape index (κ1) is 15.0. The van der Waals surface area contributed by atoms with Crippen molar-refractivity contribution in [2.24, 2.45) is 0 Å². The molecule has 0 radical (unpaired) electrons. The number of hydrogen-bond acceptors (Lipinski definition) is 3. The third kappa shape index (κ3) is 3.29. The summed E-state index contributed by atoms with van der Waals surface area (Å²) in [6, 6.07) is 13.0. The minimum absolute atomic E-state index is 0.114. The maximum atomic E-state index is 12.3. The molecule has 0 bridgehead atoms. The second-order valence-corrected chi connectivity index (χ2v) is 5.62. The summed E-state index contributed by atoms with van der Waals surface area (Å²) in [5.74, 6) is -0.278. The van der Waals surface area contributed by atoms with Crippen LogP contribution >= 0.6 is 0 Å². The van der Waals surface area contributed by atoms with Crippen LogP contribution in [-0.2, 0) is 11.3 Å². The molecule has 0 spiro atoms. The third-order valence-corrected chi connectivity index (χ3v) is 3.56. The van der Waals surface area contributed by atoms with Crippen LogP contribution in [0.1, 0.15) is 11.1 Å². The van der Waals surface area contributed by atoms with Crippen LogP contribution in [0.4, 0.5) is 5.69 Å². The summed E-state index contributed by atoms with van der Waals surface area (Å²) >= 11 is 0. The van der Waals surface area contributed by atoms with E-state index in [0.717, 1.165) is 22.2 Å². The first-order valence-electron chi connectivity index (χ1n) is 7.36. The first-order valence-corrected chi connectivity index (χ1v) is 7.36. The molecule has 5 heteroatoms. The fourth-order valence-electron chi connectivity index (χ4n) is 2.62. The van der Waals surface area contributed by atoms with E-state index in [1.54, 1.807) is 18.3 Å². The van der Waals surface area contributed by atoms with Crippen molar-refractivity contribution in [3.8, 4) is 0 Å². The van der Waals surface area contributed by atoms with Gasteiger partial charge in [-0.25, -0.2) is 4.68 Å². The number of nitrogens with one attached hydrogen (secondary N) is 1. The number of aromatic nitrogens is 2. The highest BCUT2D eigenvalue weighted by Crippen LogP contribution is 2.13. The van der Waals surface area contributed by atoms with Gasteiger partial charge in [0.05, 0.1) is 11.6 Å². The summed E-state index contributed by atoms with van der Waals surface area (Å²) in [4.78, 5) is 24.5. The van der Waals surface area contributed by atoms with Crippen molar-refractivity contribution in [3.63, 3.8) is 0 Å². The fourth-order valence-corrected chi connectivity index (χ4v) is 2.62.